The Morgan fingerprint density at radius 1 is 1.40 bits per heavy atom. The molecule has 1 spiro atoms. The van der Waals surface area contributed by atoms with Crippen molar-refractivity contribution in [1.29, 1.82) is 0 Å². The van der Waals surface area contributed by atoms with Gasteiger partial charge in [-0.05, 0) is 55.3 Å². The predicted molar refractivity (Wildman–Crippen MR) is 79.3 cm³/mol. The molecule has 0 aromatic heterocycles. The van der Waals surface area contributed by atoms with Crippen molar-refractivity contribution in [3.8, 4) is 0 Å². The van der Waals surface area contributed by atoms with Crippen molar-refractivity contribution in [2.45, 2.75) is 71.9 Å². The van der Waals surface area contributed by atoms with Crippen molar-refractivity contribution in [2.75, 3.05) is 6.61 Å². The maximum Gasteiger partial charge on any atom is 0.220 e. The molecule has 0 aromatic rings. The van der Waals surface area contributed by atoms with E-state index in [2.05, 4.69) is 33.0 Å². The molecular weight excluding hydrogens is 250 g/mol. The van der Waals surface area contributed by atoms with Crippen molar-refractivity contribution < 1.29 is 9.53 Å². The Balaban J connectivity index is 1.88. The van der Waals surface area contributed by atoms with Crippen molar-refractivity contribution in [2.24, 2.45) is 22.7 Å². The first-order chi connectivity index (χ1) is 9.41. The lowest BCUT2D eigenvalue weighted by atomic mass is 9.59. The Bertz CT molecular complexity index is 406. The second kappa shape index (κ2) is 4.72. The standard InChI is InChI=1S/C17H29NO2/c1-5-6-14(19)18-15-16(3,4)12-9-13-11(2)20-8-7-17(13,15)10-12/h11-13,15H,5-10H2,1-4H3,(H,18,19)/t11-,12-,13-,15-,17-/m1/s1. The van der Waals surface area contributed by atoms with Gasteiger partial charge in [-0.3, -0.25) is 4.79 Å². The van der Waals surface area contributed by atoms with E-state index in [1.807, 2.05) is 0 Å². The highest BCUT2D eigenvalue weighted by molar-refractivity contribution is 5.76. The molecule has 3 nitrogen and oxygen atoms in total. The van der Waals surface area contributed by atoms with Crippen molar-refractivity contribution >= 4 is 5.91 Å². The molecule has 3 rings (SSSR count). The SMILES string of the molecule is CCCC(=O)N[C@@H]1C(C)(C)[C@@H]2C[C@@H]3[C@@H](C)OCC[C@@]31C2. The van der Waals surface area contributed by atoms with Gasteiger partial charge in [0.15, 0.2) is 0 Å². The van der Waals surface area contributed by atoms with Crippen molar-refractivity contribution in [1.82, 2.24) is 5.32 Å². The summed E-state index contributed by atoms with van der Waals surface area (Å²) in [6.07, 6.45) is 5.64. The van der Waals surface area contributed by atoms with Crippen molar-refractivity contribution in [3.63, 3.8) is 0 Å². The Labute approximate surface area is 122 Å². The molecule has 3 aliphatic rings. The summed E-state index contributed by atoms with van der Waals surface area (Å²) in [5, 5.41) is 3.42. The van der Waals surface area contributed by atoms with Crippen LogP contribution in [0.3, 0.4) is 0 Å². The topological polar surface area (TPSA) is 38.3 Å². The maximum absolute atomic E-state index is 12.2. The molecule has 2 bridgehead atoms. The van der Waals surface area contributed by atoms with Gasteiger partial charge in [0.1, 0.15) is 0 Å². The zero-order valence-corrected chi connectivity index (χ0v) is 13.4. The van der Waals surface area contributed by atoms with E-state index in [0.29, 0.717) is 29.9 Å². The minimum absolute atomic E-state index is 0.233. The summed E-state index contributed by atoms with van der Waals surface area (Å²) >= 11 is 0. The van der Waals surface area contributed by atoms with Gasteiger partial charge in [0, 0.05) is 19.1 Å². The van der Waals surface area contributed by atoms with Crippen molar-refractivity contribution in [3.05, 3.63) is 0 Å². The molecular formula is C17H29NO2. The molecule has 5 atom stereocenters. The van der Waals surface area contributed by atoms with Crippen LogP contribution >= 0.6 is 0 Å². The van der Waals surface area contributed by atoms with Crippen LogP contribution < -0.4 is 5.32 Å². The smallest absolute Gasteiger partial charge is 0.220 e. The summed E-state index contributed by atoms with van der Waals surface area (Å²) < 4.78 is 5.90. The quantitative estimate of drug-likeness (QED) is 0.862. The van der Waals surface area contributed by atoms with Crippen LogP contribution in [0.15, 0.2) is 0 Å². The second-order valence-electron chi connectivity index (χ2n) is 7.87. The Morgan fingerprint density at radius 2 is 2.15 bits per heavy atom. The number of nitrogens with one attached hydrogen (secondary N) is 1. The first-order valence-corrected chi connectivity index (χ1v) is 8.33. The van der Waals surface area contributed by atoms with E-state index < -0.39 is 0 Å². The zero-order chi connectivity index (χ0) is 14.5. The number of carbonyl (C=O) groups is 1. The molecule has 0 unspecified atom stereocenters. The normalized spacial score (nSPS) is 45.2. The van der Waals surface area contributed by atoms with E-state index >= 15 is 0 Å². The highest BCUT2D eigenvalue weighted by Gasteiger charge is 2.67. The second-order valence-corrected chi connectivity index (χ2v) is 7.87. The molecule has 1 N–H and O–H groups in total. The summed E-state index contributed by atoms with van der Waals surface area (Å²) in [6.45, 7) is 9.88. The first-order valence-electron chi connectivity index (χ1n) is 8.33. The van der Waals surface area contributed by atoms with E-state index in [1.165, 1.54) is 12.8 Å². The number of hydrogen-bond donors (Lipinski definition) is 1. The molecule has 114 valence electrons. The van der Waals surface area contributed by atoms with Gasteiger partial charge in [-0.15, -0.1) is 0 Å². The number of carbonyl (C=O) groups excluding carboxylic acids is 1. The lowest BCUT2D eigenvalue weighted by molar-refractivity contribution is -0.133. The predicted octanol–water partition coefficient (Wildman–Crippen LogP) is 3.13. The van der Waals surface area contributed by atoms with E-state index in [-0.39, 0.29) is 11.3 Å². The Morgan fingerprint density at radius 3 is 2.85 bits per heavy atom. The Kier molecular flexibility index (Phi) is 3.39. The number of amides is 1. The lowest BCUT2D eigenvalue weighted by Gasteiger charge is -2.52. The van der Waals surface area contributed by atoms with Crippen LogP contribution in [0.25, 0.3) is 0 Å². The van der Waals surface area contributed by atoms with E-state index in [0.717, 1.165) is 25.4 Å². The van der Waals surface area contributed by atoms with Gasteiger partial charge in [-0.1, -0.05) is 20.8 Å². The van der Waals surface area contributed by atoms with E-state index in [9.17, 15) is 4.79 Å². The maximum atomic E-state index is 12.2. The minimum Gasteiger partial charge on any atom is -0.378 e. The molecule has 0 radical (unpaired) electrons. The average Bonchev–Trinajstić information content (AvgIpc) is 2.85. The average molecular weight is 279 g/mol. The Hall–Kier alpha value is -0.570. The summed E-state index contributed by atoms with van der Waals surface area (Å²) in [5.74, 6) is 1.62. The van der Waals surface area contributed by atoms with Crippen LogP contribution in [0.1, 0.15) is 59.8 Å². The largest absolute Gasteiger partial charge is 0.378 e. The third-order valence-electron chi connectivity index (χ3n) is 6.57. The third kappa shape index (κ3) is 1.85. The summed E-state index contributed by atoms with van der Waals surface area (Å²) in [4.78, 5) is 12.2. The van der Waals surface area contributed by atoms with Gasteiger partial charge in [0.05, 0.1) is 6.10 Å². The first kappa shape index (κ1) is 14.4. The molecule has 20 heavy (non-hydrogen) atoms. The fourth-order valence-electron chi connectivity index (χ4n) is 5.54. The molecule has 1 heterocycles. The van der Waals surface area contributed by atoms with Crippen LogP contribution in [-0.2, 0) is 9.53 Å². The summed E-state index contributed by atoms with van der Waals surface area (Å²) in [7, 11) is 0. The number of ether oxygens (including phenoxy) is 1. The van der Waals surface area contributed by atoms with Crippen LogP contribution in [0.5, 0.6) is 0 Å². The van der Waals surface area contributed by atoms with E-state index in [4.69, 9.17) is 4.74 Å². The molecule has 1 saturated heterocycles. The van der Waals surface area contributed by atoms with Gasteiger partial charge in [-0.25, -0.2) is 0 Å². The van der Waals surface area contributed by atoms with Crippen LogP contribution in [-0.4, -0.2) is 24.7 Å². The third-order valence-corrected chi connectivity index (χ3v) is 6.57. The van der Waals surface area contributed by atoms with Gasteiger partial charge in [-0.2, -0.15) is 0 Å². The van der Waals surface area contributed by atoms with Gasteiger partial charge >= 0.3 is 0 Å². The fourth-order valence-corrected chi connectivity index (χ4v) is 5.54. The number of hydrogen-bond acceptors (Lipinski definition) is 2. The molecule has 3 fully saturated rings. The summed E-state index contributed by atoms with van der Waals surface area (Å²) in [5.41, 5.74) is 0.534. The van der Waals surface area contributed by atoms with Crippen LogP contribution in [0.2, 0.25) is 0 Å². The zero-order valence-electron chi connectivity index (χ0n) is 13.4. The monoisotopic (exact) mass is 279 g/mol. The number of rotatable bonds is 3. The highest BCUT2D eigenvalue weighted by Crippen LogP contribution is 2.68. The number of fused-ring (bicyclic) bond motifs is 1. The molecule has 3 heteroatoms. The van der Waals surface area contributed by atoms with Gasteiger partial charge in [0.25, 0.3) is 0 Å². The van der Waals surface area contributed by atoms with Gasteiger partial charge in [0.2, 0.25) is 5.91 Å². The summed E-state index contributed by atoms with van der Waals surface area (Å²) in [6, 6.07) is 0.337. The molecule has 2 aliphatic carbocycles. The van der Waals surface area contributed by atoms with Crippen LogP contribution in [0.4, 0.5) is 0 Å². The molecule has 1 amide bonds. The fraction of sp³-hybridized carbons (Fsp3) is 0.941. The molecule has 1 aliphatic heterocycles. The highest BCUT2D eigenvalue weighted by atomic mass is 16.5. The minimum atomic E-state index is 0.233. The van der Waals surface area contributed by atoms with Crippen LogP contribution in [0, 0.1) is 22.7 Å². The van der Waals surface area contributed by atoms with E-state index in [1.54, 1.807) is 0 Å². The molecule has 0 aromatic carbocycles. The molecule has 2 saturated carbocycles. The lowest BCUT2D eigenvalue weighted by Crippen LogP contribution is -2.59. The van der Waals surface area contributed by atoms with Gasteiger partial charge < -0.3 is 10.1 Å².